The predicted molar refractivity (Wildman–Crippen MR) is 189 cm³/mol. The molecule has 4 heteroatoms. The molecule has 4 nitrogen and oxygen atoms in total. The molecule has 5 heterocycles. The highest BCUT2D eigenvalue weighted by molar-refractivity contribution is 5.77. The Bertz CT molecular complexity index is 1180. The first kappa shape index (κ1) is 41.6. The lowest BCUT2D eigenvalue weighted by molar-refractivity contribution is 1.28. The molecule has 0 aromatic carbocycles. The second-order valence-electron chi connectivity index (χ2n) is 5.91. The first-order chi connectivity index (χ1) is 19.8. The van der Waals surface area contributed by atoms with Crippen LogP contribution in [0.5, 0.6) is 0 Å². The number of nitrogens with zero attached hydrogens (tertiary/aromatic N) is 2. The molecule has 0 saturated heterocycles. The van der Waals surface area contributed by atoms with Gasteiger partial charge in [0.2, 0.25) is 0 Å². The summed E-state index contributed by atoms with van der Waals surface area (Å²) in [4.78, 5) is 16.0. The zero-order chi connectivity index (χ0) is 31.9. The Balaban J connectivity index is -0.000000353. The van der Waals surface area contributed by atoms with Crippen LogP contribution >= 0.6 is 0 Å². The van der Waals surface area contributed by atoms with Crippen molar-refractivity contribution in [2.75, 3.05) is 0 Å². The van der Waals surface area contributed by atoms with E-state index in [1.54, 1.807) is 0 Å². The molecular weight excluding hydrogens is 488 g/mol. The van der Waals surface area contributed by atoms with Crippen LogP contribution in [0.4, 0.5) is 0 Å². The minimum Gasteiger partial charge on any atom is -0.355 e. The minimum absolute atomic E-state index is 0.915. The van der Waals surface area contributed by atoms with Gasteiger partial charge in [0.15, 0.2) is 0 Å². The van der Waals surface area contributed by atoms with Gasteiger partial charge in [-0.1, -0.05) is 0 Å². The van der Waals surface area contributed by atoms with E-state index >= 15 is 0 Å². The predicted octanol–water partition coefficient (Wildman–Crippen LogP) is 11.1. The Morgan fingerprint density at radius 2 is 0.550 bits per heavy atom. The fourth-order valence-corrected chi connectivity index (χ4v) is 2.94. The van der Waals surface area contributed by atoms with E-state index in [0.717, 1.165) is 44.8 Å². The third-order valence-corrected chi connectivity index (χ3v) is 4.04. The van der Waals surface area contributed by atoms with Crippen molar-refractivity contribution in [3.63, 3.8) is 0 Å². The molecule has 0 saturated carbocycles. The zero-order valence-electron chi connectivity index (χ0n) is 24.1. The number of fused-ring (bicyclic) bond motifs is 8. The molecular formula is C36H46N4. The van der Waals surface area contributed by atoms with Crippen LogP contribution in [0.1, 0.15) is 22.8 Å². The Hall–Kier alpha value is -5.48. The number of aromatic nitrogens is 4. The molecule has 0 fully saturated rings. The van der Waals surface area contributed by atoms with Crippen molar-refractivity contribution in [2.45, 2.75) is 0 Å². The smallest absolute Gasteiger partial charge is 0.0659 e. The monoisotopic (exact) mass is 534 g/mol. The quantitative estimate of drug-likeness (QED) is 0.194. The van der Waals surface area contributed by atoms with Crippen LogP contribution < -0.4 is 0 Å². The summed E-state index contributed by atoms with van der Waals surface area (Å²) in [5.74, 6) is 0. The zero-order valence-corrected chi connectivity index (χ0v) is 24.1. The second-order valence-corrected chi connectivity index (χ2v) is 5.91. The van der Waals surface area contributed by atoms with Crippen LogP contribution in [-0.4, -0.2) is 19.9 Å². The number of nitrogens with one attached hydrogen (secondary N) is 2. The van der Waals surface area contributed by atoms with Gasteiger partial charge in [0.05, 0.1) is 22.8 Å². The molecule has 3 aromatic rings. The van der Waals surface area contributed by atoms with E-state index in [2.05, 4.69) is 156 Å². The fourth-order valence-electron chi connectivity index (χ4n) is 2.94. The second kappa shape index (κ2) is 29.7. The van der Waals surface area contributed by atoms with Crippen LogP contribution in [0.25, 0.3) is 46.4 Å². The third-order valence-electron chi connectivity index (χ3n) is 4.04. The number of H-pyrrole nitrogens is 2. The largest absolute Gasteiger partial charge is 0.355 e. The summed E-state index contributed by atoms with van der Waals surface area (Å²) in [5.41, 5.74) is 7.86. The highest BCUT2D eigenvalue weighted by Gasteiger charge is 2.02. The number of aromatic amines is 2. The maximum absolute atomic E-state index is 4.62. The molecule has 0 spiro atoms. The summed E-state index contributed by atoms with van der Waals surface area (Å²) in [6, 6.07) is 16.4. The first-order valence-electron chi connectivity index (χ1n) is 11.8. The van der Waals surface area contributed by atoms with Gasteiger partial charge in [0.1, 0.15) is 0 Å². The molecule has 40 heavy (non-hydrogen) atoms. The van der Waals surface area contributed by atoms with E-state index in [4.69, 9.17) is 0 Å². The first-order valence-corrected chi connectivity index (χ1v) is 11.8. The SMILES string of the molecule is C1=Cc2cc3ccc(cc4ccc(cc5nc(cc1n2)C=C5)[nH]4)[nH]3.C=C.C=C.C=C.C=C.C=C.C=C.C=C.C=C. The molecule has 5 rings (SSSR count). The van der Waals surface area contributed by atoms with Crippen LogP contribution in [0.3, 0.4) is 0 Å². The molecule has 2 aliphatic rings. The van der Waals surface area contributed by atoms with Crippen molar-refractivity contribution >= 4 is 46.4 Å². The van der Waals surface area contributed by atoms with Crippen LogP contribution in [0.2, 0.25) is 0 Å². The van der Waals surface area contributed by atoms with Gasteiger partial charge >= 0.3 is 0 Å². The Kier molecular flexibility index (Phi) is 31.0. The summed E-state index contributed by atoms with van der Waals surface area (Å²) in [6.07, 6.45) is 8.05. The van der Waals surface area contributed by atoms with Crippen LogP contribution in [-0.2, 0) is 0 Å². The average Bonchev–Trinajstić information content (AvgIpc) is 3.88. The van der Waals surface area contributed by atoms with Crippen molar-refractivity contribution < 1.29 is 0 Å². The van der Waals surface area contributed by atoms with Gasteiger partial charge in [0, 0.05) is 22.1 Å². The maximum atomic E-state index is 4.62. The van der Waals surface area contributed by atoms with Crippen molar-refractivity contribution in [3.8, 4) is 0 Å². The van der Waals surface area contributed by atoms with Gasteiger partial charge in [0.25, 0.3) is 0 Å². The molecule has 2 N–H and O–H groups in total. The summed E-state index contributed by atoms with van der Waals surface area (Å²) < 4.78 is 0. The van der Waals surface area contributed by atoms with E-state index in [1.807, 2.05) is 42.5 Å². The van der Waals surface area contributed by atoms with Gasteiger partial charge in [-0.2, -0.15) is 0 Å². The summed E-state index contributed by atoms with van der Waals surface area (Å²) >= 11 is 0. The normalized spacial score (nSPS) is 8.40. The topological polar surface area (TPSA) is 57.4 Å². The molecule has 2 aliphatic heterocycles. The summed E-state index contributed by atoms with van der Waals surface area (Å²) in [7, 11) is 0. The average molecular weight is 535 g/mol. The molecule has 210 valence electrons. The Labute approximate surface area is 242 Å². The van der Waals surface area contributed by atoms with E-state index < -0.39 is 0 Å². The highest BCUT2D eigenvalue weighted by Crippen LogP contribution is 2.17. The van der Waals surface area contributed by atoms with Crippen LogP contribution in [0, 0.1) is 0 Å². The van der Waals surface area contributed by atoms with Crippen molar-refractivity contribution in [2.24, 2.45) is 0 Å². The summed E-state index contributed by atoms with van der Waals surface area (Å²) in [5, 5.41) is 0. The summed E-state index contributed by atoms with van der Waals surface area (Å²) in [6.45, 7) is 48.0. The van der Waals surface area contributed by atoms with Gasteiger partial charge < -0.3 is 9.97 Å². The van der Waals surface area contributed by atoms with Crippen molar-refractivity contribution in [1.82, 2.24) is 19.9 Å². The highest BCUT2D eigenvalue weighted by atomic mass is 14.8. The van der Waals surface area contributed by atoms with Gasteiger partial charge in [-0.25, -0.2) is 9.97 Å². The van der Waals surface area contributed by atoms with Gasteiger partial charge in [-0.05, 0) is 72.8 Å². The number of hydrogen-bond acceptors (Lipinski definition) is 2. The molecule has 8 bridgehead atoms. The molecule has 3 aromatic heterocycles. The molecule has 0 unspecified atom stereocenters. The third kappa shape index (κ3) is 14.9. The lowest BCUT2D eigenvalue weighted by Gasteiger charge is -1.86. The van der Waals surface area contributed by atoms with E-state index in [-0.39, 0.29) is 0 Å². The van der Waals surface area contributed by atoms with Crippen LogP contribution in [0.15, 0.2) is 154 Å². The Morgan fingerprint density at radius 1 is 0.325 bits per heavy atom. The van der Waals surface area contributed by atoms with E-state index in [0.29, 0.717) is 0 Å². The maximum Gasteiger partial charge on any atom is 0.0659 e. The fraction of sp³-hybridized carbons (Fsp3) is 0. The minimum atomic E-state index is 0.915. The molecule has 0 radical (unpaired) electrons. The lowest BCUT2D eigenvalue weighted by atomic mass is 10.3. The number of rotatable bonds is 0. The Morgan fingerprint density at radius 3 is 0.825 bits per heavy atom. The lowest BCUT2D eigenvalue weighted by Crippen LogP contribution is -1.77. The van der Waals surface area contributed by atoms with Crippen molar-refractivity contribution in [3.05, 3.63) is 177 Å². The molecule has 0 aliphatic carbocycles. The van der Waals surface area contributed by atoms with Gasteiger partial charge in [-0.15, -0.1) is 105 Å². The number of hydrogen-bond donors (Lipinski definition) is 2. The standard InChI is InChI=1S/C20H14N4.8C2H4/c1-2-14-10-16-5-6-18(23-16)12-20-8-7-19(24-20)11-17-4-3-15(22-17)9-13(1)21-14;8*1-2/h1-12,21-22H;8*1-2H2. The van der Waals surface area contributed by atoms with E-state index in [1.165, 1.54) is 0 Å². The molecule has 0 amide bonds. The molecule has 0 atom stereocenters. The van der Waals surface area contributed by atoms with E-state index in [9.17, 15) is 0 Å². The van der Waals surface area contributed by atoms with Gasteiger partial charge in [-0.3, -0.25) is 0 Å². The van der Waals surface area contributed by atoms with Crippen molar-refractivity contribution in [1.29, 1.82) is 0 Å².